The fourth-order valence-electron chi connectivity index (χ4n) is 1.39. The average Bonchev–Trinajstić information content (AvgIpc) is 2.35. The third-order valence-corrected chi connectivity index (χ3v) is 2.22. The third-order valence-electron chi connectivity index (χ3n) is 2.22. The number of urea groups is 1. The summed E-state index contributed by atoms with van der Waals surface area (Å²) in [7, 11) is 0. The molecule has 0 aromatic heterocycles. The summed E-state index contributed by atoms with van der Waals surface area (Å²) in [5.41, 5.74) is 0.860. The van der Waals surface area contributed by atoms with Gasteiger partial charge in [0.15, 0.2) is 0 Å². The first-order chi connectivity index (χ1) is 9.38. The van der Waals surface area contributed by atoms with Gasteiger partial charge in [0.05, 0.1) is 0 Å². The molecule has 0 radical (unpaired) electrons. The van der Waals surface area contributed by atoms with Crippen LogP contribution in [0, 0.1) is 0 Å². The van der Waals surface area contributed by atoms with E-state index in [1.807, 2.05) is 13.8 Å². The highest BCUT2D eigenvalue weighted by atomic mass is 16.4. The summed E-state index contributed by atoms with van der Waals surface area (Å²) in [5, 5.41) is 16.0. The molecule has 108 valence electrons. The second-order valence-electron chi connectivity index (χ2n) is 4.41. The Morgan fingerprint density at radius 1 is 1.15 bits per heavy atom. The van der Waals surface area contributed by atoms with E-state index in [1.165, 1.54) is 12.1 Å². The highest BCUT2D eigenvalue weighted by Gasteiger charge is 2.08. The lowest BCUT2D eigenvalue weighted by Gasteiger charge is -2.10. The Bertz CT molecular complexity index is 497. The summed E-state index contributed by atoms with van der Waals surface area (Å²) >= 11 is 0. The fourth-order valence-corrected chi connectivity index (χ4v) is 1.39. The molecular weight excluding hydrogens is 262 g/mol. The first-order valence-electron chi connectivity index (χ1n) is 6.06. The van der Waals surface area contributed by atoms with Gasteiger partial charge >= 0.3 is 12.0 Å². The molecule has 0 saturated heterocycles. The minimum absolute atomic E-state index is 0.0241. The molecule has 0 saturated carbocycles. The van der Waals surface area contributed by atoms with Gasteiger partial charge in [0.1, 0.15) is 6.54 Å². The van der Waals surface area contributed by atoms with E-state index in [1.54, 1.807) is 12.1 Å². The molecule has 0 bridgehead atoms. The molecule has 0 unspecified atom stereocenters. The van der Waals surface area contributed by atoms with Crippen molar-refractivity contribution in [2.75, 3.05) is 11.9 Å². The minimum atomic E-state index is -1.11. The molecule has 0 atom stereocenters. The molecule has 0 spiro atoms. The molecule has 0 fully saturated rings. The Balaban J connectivity index is 2.57. The summed E-state index contributed by atoms with van der Waals surface area (Å²) < 4.78 is 0. The predicted octanol–water partition coefficient (Wildman–Crippen LogP) is 1.03. The molecule has 1 aromatic rings. The smallest absolute Gasteiger partial charge is 0.322 e. The lowest BCUT2D eigenvalue weighted by molar-refractivity contribution is -0.135. The van der Waals surface area contributed by atoms with Crippen molar-refractivity contribution in [2.24, 2.45) is 0 Å². The Kier molecular flexibility index (Phi) is 5.52. The van der Waals surface area contributed by atoms with Crippen LogP contribution in [0.25, 0.3) is 0 Å². The van der Waals surface area contributed by atoms with Crippen LogP contribution in [0.2, 0.25) is 0 Å². The van der Waals surface area contributed by atoms with Crippen molar-refractivity contribution < 1.29 is 19.5 Å². The molecule has 20 heavy (non-hydrogen) atoms. The number of amides is 3. The van der Waals surface area contributed by atoms with Gasteiger partial charge in [0, 0.05) is 17.3 Å². The van der Waals surface area contributed by atoms with Gasteiger partial charge in [-0.05, 0) is 38.1 Å². The molecule has 0 aliphatic carbocycles. The standard InChI is InChI=1S/C13H17N3O4/c1-8(2)15-13(20)16-10-5-3-9(4-6-10)12(19)14-7-11(17)18/h3-6,8H,7H2,1-2H3,(H,14,19)(H,17,18)(H2,15,16,20). The molecular formula is C13H17N3O4. The molecule has 0 aliphatic rings. The van der Waals surface area contributed by atoms with Crippen LogP contribution in [0.1, 0.15) is 24.2 Å². The highest BCUT2D eigenvalue weighted by molar-refractivity contribution is 5.96. The van der Waals surface area contributed by atoms with Gasteiger partial charge in [0.25, 0.3) is 5.91 Å². The van der Waals surface area contributed by atoms with Gasteiger partial charge in [-0.25, -0.2) is 4.79 Å². The van der Waals surface area contributed by atoms with Crippen LogP contribution in [0.4, 0.5) is 10.5 Å². The predicted molar refractivity (Wildman–Crippen MR) is 73.7 cm³/mol. The van der Waals surface area contributed by atoms with Crippen molar-refractivity contribution in [3.8, 4) is 0 Å². The zero-order chi connectivity index (χ0) is 15.1. The van der Waals surface area contributed by atoms with Gasteiger partial charge < -0.3 is 21.1 Å². The minimum Gasteiger partial charge on any atom is -0.480 e. The van der Waals surface area contributed by atoms with Crippen LogP contribution in [0.5, 0.6) is 0 Å². The number of rotatable bonds is 5. The molecule has 1 aromatic carbocycles. The number of carboxylic acids is 1. The Labute approximate surface area is 116 Å². The summed E-state index contributed by atoms with van der Waals surface area (Å²) in [4.78, 5) is 33.3. The van der Waals surface area contributed by atoms with E-state index in [0.29, 0.717) is 11.3 Å². The van der Waals surface area contributed by atoms with Gasteiger partial charge in [-0.2, -0.15) is 0 Å². The zero-order valence-electron chi connectivity index (χ0n) is 11.3. The number of aliphatic carboxylic acids is 1. The maximum Gasteiger partial charge on any atom is 0.322 e. The number of carbonyl (C=O) groups is 3. The van der Waals surface area contributed by atoms with Crippen LogP contribution in [0.3, 0.4) is 0 Å². The maximum absolute atomic E-state index is 11.6. The topological polar surface area (TPSA) is 108 Å². The van der Waals surface area contributed by atoms with Crippen molar-refractivity contribution in [3.05, 3.63) is 29.8 Å². The van der Waals surface area contributed by atoms with E-state index in [9.17, 15) is 14.4 Å². The second-order valence-corrected chi connectivity index (χ2v) is 4.41. The lowest BCUT2D eigenvalue weighted by Crippen LogP contribution is -2.34. The number of benzene rings is 1. The van der Waals surface area contributed by atoms with Gasteiger partial charge in [-0.15, -0.1) is 0 Å². The zero-order valence-corrected chi connectivity index (χ0v) is 11.3. The van der Waals surface area contributed by atoms with Gasteiger partial charge in [0.2, 0.25) is 0 Å². The molecule has 0 aliphatic heterocycles. The molecule has 3 amide bonds. The van der Waals surface area contributed by atoms with E-state index in [0.717, 1.165) is 0 Å². The Morgan fingerprint density at radius 2 is 1.75 bits per heavy atom. The first-order valence-corrected chi connectivity index (χ1v) is 6.06. The second kappa shape index (κ2) is 7.13. The third kappa shape index (κ3) is 5.38. The monoisotopic (exact) mass is 279 g/mol. The quantitative estimate of drug-likeness (QED) is 0.645. The van der Waals surface area contributed by atoms with Crippen molar-refractivity contribution in [1.82, 2.24) is 10.6 Å². The normalized spacial score (nSPS) is 9.95. The van der Waals surface area contributed by atoms with E-state index >= 15 is 0 Å². The van der Waals surface area contributed by atoms with Gasteiger partial charge in [-0.1, -0.05) is 0 Å². The van der Waals surface area contributed by atoms with Crippen molar-refractivity contribution in [1.29, 1.82) is 0 Å². The molecule has 4 N–H and O–H groups in total. The number of carbonyl (C=O) groups excluding carboxylic acids is 2. The number of hydrogen-bond acceptors (Lipinski definition) is 3. The summed E-state index contributed by atoms with van der Waals surface area (Å²) in [6, 6.07) is 5.83. The van der Waals surface area contributed by atoms with Crippen LogP contribution < -0.4 is 16.0 Å². The largest absolute Gasteiger partial charge is 0.480 e. The average molecular weight is 279 g/mol. The Hall–Kier alpha value is -2.57. The van der Waals surface area contributed by atoms with Crippen molar-refractivity contribution >= 4 is 23.6 Å². The SMILES string of the molecule is CC(C)NC(=O)Nc1ccc(C(=O)NCC(=O)O)cc1. The van der Waals surface area contributed by atoms with E-state index in [-0.39, 0.29) is 12.1 Å². The number of carboxylic acid groups (broad SMARTS) is 1. The summed E-state index contributed by atoms with van der Waals surface area (Å²) in [5.74, 6) is -1.59. The van der Waals surface area contributed by atoms with Crippen LogP contribution in [-0.4, -0.2) is 35.6 Å². The molecule has 7 heteroatoms. The molecule has 1 rings (SSSR count). The number of anilines is 1. The van der Waals surface area contributed by atoms with Crippen LogP contribution >= 0.6 is 0 Å². The molecule has 7 nitrogen and oxygen atoms in total. The highest BCUT2D eigenvalue weighted by Crippen LogP contribution is 2.09. The van der Waals surface area contributed by atoms with E-state index in [4.69, 9.17) is 5.11 Å². The summed E-state index contributed by atoms with van der Waals surface area (Å²) in [6.45, 7) is 3.25. The van der Waals surface area contributed by atoms with Crippen molar-refractivity contribution in [2.45, 2.75) is 19.9 Å². The van der Waals surface area contributed by atoms with E-state index < -0.39 is 18.4 Å². The first kappa shape index (κ1) is 15.5. The van der Waals surface area contributed by atoms with Gasteiger partial charge in [-0.3, -0.25) is 9.59 Å². The lowest BCUT2D eigenvalue weighted by atomic mass is 10.2. The summed E-state index contributed by atoms with van der Waals surface area (Å²) in [6.07, 6.45) is 0. The number of nitrogens with one attached hydrogen (secondary N) is 3. The van der Waals surface area contributed by atoms with E-state index in [2.05, 4.69) is 16.0 Å². The fraction of sp³-hybridized carbons (Fsp3) is 0.308. The van der Waals surface area contributed by atoms with Crippen molar-refractivity contribution in [3.63, 3.8) is 0 Å². The van der Waals surface area contributed by atoms with Crippen LogP contribution in [0.15, 0.2) is 24.3 Å². The Morgan fingerprint density at radius 3 is 2.25 bits per heavy atom. The van der Waals surface area contributed by atoms with Crippen LogP contribution in [-0.2, 0) is 4.79 Å². The number of hydrogen-bond donors (Lipinski definition) is 4. The maximum atomic E-state index is 11.6. The molecule has 0 heterocycles.